The summed E-state index contributed by atoms with van der Waals surface area (Å²) in [6, 6.07) is 8.37. The van der Waals surface area contributed by atoms with Crippen LogP contribution < -0.4 is 0 Å². The Morgan fingerprint density at radius 1 is 0.795 bits per heavy atom. The minimum Gasteiger partial charge on any atom is -0.392 e. The highest BCUT2D eigenvalue weighted by atomic mass is 32.1. The maximum absolute atomic E-state index is 13.8. The van der Waals surface area contributed by atoms with Gasteiger partial charge in [0.1, 0.15) is 0 Å². The molecule has 0 aliphatic rings. The van der Waals surface area contributed by atoms with Crippen LogP contribution in [0.2, 0.25) is 0 Å². The Balaban J connectivity index is 2.33. The SMILES string of the molecule is CC/C(=C\C=C\C(O)(C(F)(F)C(F)(F)F)C(F)(F)C(F)(F)F)c1ccc(CCc2ccc(CO)c(CO)c2)s1. The third kappa shape index (κ3) is 6.67. The molecule has 3 N–H and O–H groups in total. The molecule has 0 bridgehead atoms. The van der Waals surface area contributed by atoms with Crippen molar-refractivity contribution < 1.29 is 59.2 Å². The van der Waals surface area contributed by atoms with Crippen molar-refractivity contribution in [3.8, 4) is 0 Å². The summed E-state index contributed by atoms with van der Waals surface area (Å²) in [6.45, 7) is 1.01. The van der Waals surface area contributed by atoms with Crippen LogP contribution in [0.1, 0.15) is 39.8 Å². The number of aliphatic hydroxyl groups is 3. The predicted molar refractivity (Wildman–Crippen MR) is 124 cm³/mol. The molecule has 2 aromatic rings. The molecule has 0 fully saturated rings. The van der Waals surface area contributed by atoms with E-state index in [1.165, 1.54) is 18.3 Å². The van der Waals surface area contributed by atoms with Crippen molar-refractivity contribution in [2.45, 2.75) is 69.2 Å². The van der Waals surface area contributed by atoms with Gasteiger partial charge in [0, 0.05) is 9.75 Å². The highest BCUT2D eigenvalue weighted by Gasteiger charge is 2.83. The summed E-state index contributed by atoms with van der Waals surface area (Å²) in [7, 11) is 0. The van der Waals surface area contributed by atoms with E-state index >= 15 is 0 Å². The normalized spacial score (nSPS) is 14.5. The van der Waals surface area contributed by atoms with Crippen LogP contribution in [0.3, 0.4) is 0 Å². The van der Waals surface area contributed by atoms with Crippen LogP contribution >= 0.6 is 11.3 Å². The Bertz CT molecular complexity index is 1150. The number of halogens is 10. The van der Waals surface area contributed by atoms with Gasteiger partial charge in [0.05, 0.1) is 13.2 Å². The van der Waals surface area contributed by atoms with Crippen LogP contribution in [-0.4, -0.2) is 45.1 Å². The number of allylic oxidation sites excluding steroid dienone is 3. The van der Waals surface area contributed by atoms with Gasteiger partial charge in [-0.2, -0.15) is 43.9 Å². The lowest BCUT2D eigenvalue weighted by Crippen LogP contribution is -2.69. The maximum atomic E-state index is 13.8. The van der Waals surface area contributed by atoms with E-state index in [1.54, 1.807) is 30.3 Å². The molecule has 0 spiro atoms. The van der Waals surface area contributed by atoms with Gasteiger partial charge >= 0.3 is 24.2 Å². The van der Waals surface area contributed by atoms with Gasteiger partial charge in [-0.1, -0.05) is 37.3 Å². The number of hydrogen-bond acceptors (Lipinski definition) is 4. The molecular formula is C25H24F10O3S. The first-order valence-corrected chi connectivity index (χ1v) is 12.1. The Kier molecular flexibility index (Phi) is 10.1. The largest absolute Gasteiger partial charge is 0.457 e. The quantitative estimate of drug-likeness (QED) is 0.194. The van der Waals surface area contributed by atoms with Gasteiger partial charge in [0.2, 0.25) is 5.60 Å². The molecule has 0 aliphatic carbocycles. The summed E-state index contributed by atoms with van der Waals surface area (Å²) in [5, 5.41) is 28.2. The standard InChI is InChI=1S/C25H24F10O3S/c1-2-16(4-3-11-21(38,22(26,27)24(30,31)32)23(28,29)25(33,34)35)20-10-9-19(39-20)8-6-15-5-7-17(13-36)18(12-15)14-37/h3-5,7,9-12,36-38H,2,6,8,13-14H2,1H3/b11-3+,16-4+. The van der Waals surface area contributed by atoms with Gasteiger partial charge in [-0.3, -0.25) is 0 Å². The smallest absolute Gasteiger partial charge is 0.392 e. The van der Waals surface area contributed by atoms with Gasteiger partial charge in [-0.05, 0) is 59.7 Å². The van der Waals surface area contributed by atoms with Gasteiger partial charge < -0.3 is 15.3 Å². The lowest BCUT2D eigenvalue weighted by atomic mass is 9.86. The van der Waals surface area contributed by atoms with Crippen LogP contribution in [0, 0.1) is 0 Å². The molecule has 0 atom stereocenters. The van der Waals surface area contributed by atoms with Crippen molar-refractivity contribution in [3.63, 3.8) is 0 Å². The van der Waals surface area contributed by atoms with Crippen LogP contribution in [0.5, 0.6) is 0 Å². The molecule has 39 heavy (non-hydrogen) atoms. The summed E-state index contributed by atoms with van der Waals surface area (Å²) < 4.78 is 132. The Morgan fingerprint density at radius 3 is 1.85 bits per heavy atom. The predicted octanol–water partition coefficient (Wildman–Crippen LogP) is 6.99. The van der Waals surface area contributed by atoms with E-state index in [9.17, 15) is 59.2 Å². The Labute approximate surface area is 220 Å². The fraction of sp³-hybridized carbons (Fsp3) is 0.440. The minimum atomic E-state index is -6.92. The number of hydrogen-bond donors (Lipinski definition) is 3. The molecule has 0 radical (unpaired) electrons. The van der Waals surface area contributed by atoms with Gasteiger partial charge in [0.15, 0.2) is 0 Å². The number of alkyl halides is 10. The Morgan fingerprint density at radius 2 is 1.36 bits per heavy atom. The van der Waals surface area contributed by atoms with E-state index in [0.717, 1.165) is 16.5 Å². The average Bonchev–Trinajstić information content (AvgIpc) is 3.32. The van der Waals surface area contributed by atoms with Crippen molar-refractivity contribution in [1.82, 2.24) is 0 Å². The summed E-state index contributed by atoms with van der Waals surface area (Å²) >= 11 is 1.17. The third-order valence-corrected chi connectivity index (χ3v) is 7.16. The first-order valence-electron chi connectivity index (χ1n) is 11.3. The number of aryl methyl sites for hydroxylation is 2. The van der Waals surface area contributed by atoms with Crippen molar-refractivity contribution in [1.29, 1.82) is 0 Å². The number of aliphatic hydroxyl groups excluding tert-OH is 2. The molecule has 1 heterocycles. The fourth-order valence-corrected chi connectivity index (χ4v) is 4.71. The van der Waals surface area contributed by atoms with Crippen molar-refractivity contribution in [3.05, 3.63) is 75.0 Å². The van der Waals surface area contributed by atoms with E-state index in [-0.39, 0.29) is 31.3 Å². The van der Waals surface area contributed by atoms with Gasteiger partial charge in [-0.25, -0.2) is 0 Å². The molecule has 218 valence electrons. The molecule has 0 aliphatic heterocycles. The summed E-state index contributed by atoms with van der Waals surface area (Å²) in [6.07, 6.45) is -12.7. The molecule has 0 amide bonds. The number of rotatable bonds is 11. The monoisotopic (exact) mass is 594 g/mol. The van der Waals surface area contributed by atoms with E-state index in [1.807, 2.05) is 0 Å². The molecule has 0 saturated carbocycles. The van der Waals surface area contributed by atoms with Crippen LogP contribution in [0.4, 0.5) is 43.9 Å². The third-order valence-electron chi connectivity index (χ3n) is 5.93. The lowest BCUT2D eigenvalue weighted by molar-refractivity contribution is -0.409. The maximum Gasteiger partial charge on any atom is 0.457 e. The average molecular weight is 595 g/mol. The van der Waals surface area contributed by atoms with Crippen LogP contribution in [-0.2, 0) is 26.1 Å². The summed E-state index contributed by atoms with van der Waals surface area (Å²) in [5.74, 6) is -13.7. The highest BCUT2D eigenvalue weighted by molar-refractivity contribution is 7.13. The van der Waals surface area contributed by atoms with E-state index in [4.69, 9.17) is 0 Å². The first kappa shape index (κ1) is 32.8. The molecular weight excluding hydrogens is 570 g/mol. The molecule has 0 saturated heterocycles. The van der Waals surface area contributed by atoms with E-state index in [0.29, 0.717) is 28.8 Å². The topological polar surface area (TPSA) is 60.7 Å². The molecule has 1 aromatic heterocycles. The van der Waals surface area contributed by atoms with Crippen LogP contribution in [0.15, 0.2) is 48.6 Å². The second-order valence-corrected chi connectivity index (χ2v) is 9.67. The zero-order chi connectivity index (χ0) is 29.9. The van der Waals surface area contributed by atoms with E-state index in [2.05, 4.69) is 0 Å². The van der Waals surface area contributed by atoms with Crippen molar-refractivity contribution >= 4 is 16.9 Å². The van der Waals surface area contributed by atoms with Gasteiger partial charge in [0.25, 0.3) is 0 Å². The molecule has 2 rings (SSSR count). The fourth-order valence-electron chi connectivity index (χ4n) is 3.61. The second kappa shape index (κ2) is 12.0. The molecule has 0 unspecified atom stereocenters. The van der Waals surface area contributed by atoms with Crippen LogP contribution in [0.25, 0.3) is 5.57 Å². The Hall–Kier alpha value is -2.42. The summed E-state index contributed by atoms with van der Waals surface area (Å²) in [5.41, 5.74) is -3.78. The highest BCUT2D eigenvalue weighted by Crippen LogP contribution is 2.55. The van der Waals surface area contributed by atoms with E-state index < -0.39 is 35.9 Å². The van der Waals surface area contributed by atoms with Crippen molar-refractivity contribution in [2.24, 2.45) is 0 Å². The van der Waals surface area contributed by atoms with Gasteiger partial charge in [-0.15, -0.1) is 11.3 Å². The minimum absolute atomic E-state index is 0.0938. The molecule has 3 nitrogen and oxygen atoms in total. The lowest BCUT2D eigenvalue weighted by Gasteiger charge is -2.40. The molecule has 1 aromatic carbocycles. The number of thiophene rings is 1. The number of benzene rings is 1. The second-order valence-electron chi connectivity index (χ2n) is 8.50. The van der Waals surface area contributed by atoms with Crippen molar-refractivity contribution in [2.75, 3.05) is 0 Å². The molecule has 14 heteroatoms. The zero-order valence-electron chi connectivity index (χ0n) is 20.2. The first-order chi connectivity index (χ1) is 17.9. The zero-order valence-corrected chi connectivity index (χ0v) is 21.0. The summed E-state index contributed by atoms with van der Waals surface area (Å²) in [4.78, 5) is 1.23.